The van der Waals surface area contributed by atoms with Crippen LogP contribution in [0.5, 0.6) is 0 Å². The van der Waals surface area contributed by atoms with Crippen LogP contribution < -0.4 is 0 Å². The highest BCUT2D eigenvalue weighted by Crippen LogP contribution is 2.15. The molecule has 0 saturated carbocycles. The Hall–Kier alpha value is -2.88. The largest absolute Gasteiger partial charge is 0.337 e. The van der Waals surface area contributed by atoms with Crippen LogP contribution >= 0.6 is 0 Å². The lowest BCUT2D eigenvalue weighted by Gasteiger charge is -2.18. The standard InChI is InChI=1S/C20H21N3O/c1-15-9-10-17(16(2)11-15)13-22(3)20(24)18-12-21-23(14-18)19-7-5-4-6-8-19/h4-12,14H,13H2,1-3H3. The molecule has 0 aliphatic carbocycles. The van der Waals surface area contributed by atoms with Gasteiger partial charge in [-0.1, -0.05) is 42.0 Å². The van der Waals surface area contributed by atoms with Crippen molar-refractivity contribution in [2.75, 3.05) is 7.05 Å². The van der Waals surface area contributed by atoms with Gasteiger partial charge in [-0.3, -0.25) is 4.79 Å². The summed E-state index contributed by atoms with van der Waals surface area (Å²) < 4.78 is 1.72. The van der Waals surface area contributed by atoms with Crippen molar-refractivity contribution in [2.45, 2.75) is 20.4 Å². The Kier molecular flexibility index (Phi) is 4.47. The van der Waals surface area contributed by atoms with E-state index in [9.17, 15) is 4.79 Å². The number of aryl methyl sites for hydroxylation is 2. The molecule has 0 aliphatic heterocycles. The summed E-state index contributed by atoms with van der Waals surface area (Å²) in [4.78, 5) is 14.4. The SMILES string of the molecule is Cc1ccc(CN(C)C(=O)c2cnn(-c3ccccc3)c2)c(C)c1. The van der Waals surface area contributed by atoms with Crippen LogP contribution in [0.25, 0.3) is 5.69 Å². The quantitative estimate of drug-likeness (QED) is 0.734. The maximum atomic E-state index is 12.6. The molecule has 0 saturated heterocycles. The lowest BCUT2D eigenvalue weighted by molar-refractivity contribution is 0.0785. The fourth-order valence-electron chi connectivity index (χ4n) is 2.73. The van der Waals surface area contributed by atoms with E-state index in [4.69, 9.17) is 0 Å². The second-order valence-corrected chi connectivity index (χ2v) is 6.10. The lowest BCUT2D eigenvalue weighted by Crippen LogP contribution is -2.26. The minimum Gasteiger partial charge on any atom is -0.337 e. The molecule has 0 radical (unpaired) electrons. The van der Waals surface area contributed by atoms with E-state index in [1.54, 1.807) is 22.0 Å². The number of nitrogens with zero attached hydrogens (tertiary/aromatic N) is 3. The molecular formula is C20H21N3O. The van der Waals surface area contributed by atoms with E-state index in [1.807, 2.05) is 37.4 Å². The van der Waals surface area contributed by atoms with Crippen LogP contribution in [-0.2, 0) is 6.54 Å². The van der Waals surface area contributed by atoms with Crippen LogP contribution in [0.4, 0.5) is 0 Å². The first-order valence-corrected chi connectivity index (χ1v) is 7.96. The number of rotatable bonds is 4. The van der Waals surface area contributed by atoms with Crippen LogP contribution in [-0.4, -0.2) is 27.6 Å². The molecular weight excluding hydrogens is 298 g/mol. The van der Waals surface area contributed by atoms with Crippen LogP contribution in [0, 0.1) is 13.8 Å². The van der Waals surface area contributed by atoms with E-state index in [-0.39, 0.29) is 5.91 Å². The van der Waals surface area contributed by atoms with Crippen LogP contribution in [0.3, 0.4) is 0 Å². The maximum absolute atomic E-state index is 12.6. The molecule has 4 nitrogen and oxygen atoms in total. The predicted molar refractivity (Wildman–Crippen MR) is 95.3 cm³/mol. The number of amides is 1. The zero-order valence-corrected chi connectivity index (χ0v) is 14.2. The summed E-state index contributed by atoms with van der Waals surface area (Å²) in [6, 6.07) is 16.1. The number of carbonyl (C=O) groups excluding carboxylic acids is 1. The van der Waals surface area contributed by atoms with Gasteiger partial charge < -0.3 is 4.90 Å². The molecule has 0 aliphatic rings. The Morgan fingerprint density at radius 1 is 1.12 bits per heavy atom. The Labute approximate surface area is 142 Å². The summed E-state index contributed by atoms with van der Waals surface area (Å²) in [7, 11) is 1.82. The number of aromatic nitrogens is 2. The maximum Gasteiger partial charge on any atom is 0.257 e. The fraction of sp³-hybridized carbons (Fsp3) is 0.200. The van der Waals surface area contributed by atoms with Crippen LogP contribution in [0.15, 0.2) is 60.9 Å². The minimum atomic E-state index is -0.0304. The van der Waals surface area contributed by atoms with E-state index in [2.05, 4.69) is 37.1 Å². The van der Waals surface area contributed by atoms with Crippen molar-refractivity contribution < 1.29 is 4.79 Å². The zero-order chi connectivity index (χ0) is 17.1. The molecule has 24 heavy (non-hydrogen) atoms. The number of carbonyl (C=O) groups is 1. The molecule has 122 valence electrons. The fourth-order valence-corrected chi connectivity index (χ4v) is 2.73. The molecule has 1 amide bonds. The molecule has 1 heterocycles. The van der Waals surface area contributed by atoms with Gasteiger partial charge in [-0.05, 0) is 37.1 Å². The summed E-state index contributed by atoms with van der Waals surface area (Å²) in [6.07, 6.45) is 3.39. The first-order chi connectivity index (χ1) is 11.5. The van der Waals surface area contributed by atoms with Crippen molar-refractivity contribution in [3.05, 3.63) is 83.2 Å². The number of hydrogen-bond acceptors (Lipinski definition) is 2. The molecule has 3 aromatic rings. The van der Waals surface area contributed by atoms with E-state index in [0.717, 1.165) is 11.3 Å². The van der Waals surface area contributed by atoms with Gasteiger partial charge in [0.05, 0.1) is 17.4 Å². The summed E-state index contributed by atoms with van der Waals surface area (Å²) >= 11 is 0. The second kappa shape index (κ2) is 6.71. The normalized spacial score (nSPS) is 10.6. The van der Waals surface area contributed by atoms with Gasteiger partial charge in [0.1, 0.15) is 0 Å². The highest BCUT2D eigenvalue weighted by Gasteiger charge is 2.15. The van der Waals surface area contributed by atoms with E-state index >= 15 is 0 Å². The van der Waals surface area contributed by atoms with Crippen molar-refractivity contribution >= 4 is 5.91 Å². The van der Waals surface area contributed by atoms with E-state index in [0.29, 0.717) is 12.1 Å². The summed E-state index contributed by atoms with van der Waals surface area (Å²) in [5, 5.41) is 4.30. The molecule has 1 aromatic heterocycles. The molecule has 2 aromatic carbocycles. The summed E-state index contributed by atoms with van der Waals surface area (Å²) in [6.45, 7) is 4.74. The van der Waals surface area contributed by atoms with Crippen molar-refractivity contribution in [2.24, 2.45) is 0 Å². The smallest absolute Gasteiger partial charge is 0.257 e. The van der Waals surface area contributed by atoms with Crippen molar-refractivity contribution in [1.29, 1.82) is 0 Å². The number of hydrogen-bond donors (Lipinski definition) is 0. The van der Waals surface area contributed by atoms with Gasteiger partial charge in [0.15, 0.2) is 0 Å². The lowest BCUT2D eigenvalue weighted by atomic mass is 10.1. The molecule has 4 heteroatoms. The monoisotopic (exact) mass is 319 g/mol. The molecule has 0 unspecified atom stereocenters. The minimum absolute atomic E-state index is 0.0304. The highest BCUT2D eigenvalue weighted by molar-refractivity contribution is 5.93. The third-order valence-corrected chi connectivity index (χ3v) is 4.10. The van der Waals surface area contributed by atoms with Gasteiger partial charge in [-0.2, -0.15) is 5.10 Å². The Balaban J connectivity index is 1.75. The Bertz CT molecular complexity index is 852. The first-order valence-electron chi connectivity index (χ1n) is 7.96. The van der Waals surface area contributed by atoms with Gasteiger partial charge in [0.25, 0.3) is 5.91 Å². The third-order valence-electron chi connectivity index (χ3n) is 4.10. The highest BCUT2D eigenvalue weighted by atomic mass is 16.2. The predicted octanol–water partition coefficient (Wildman–Crippen LogP) is 3.76. The van der Waals surface area contributed by atoms with Gasteiger partial charge in [0.2, 0.25) is 0 Å². The van der Waals surface area contributed by atoms with Crippen molar-refractivity contribution in [3.8, 4) is 5.69 Å². The second-order valence-electron chi connectivity index (χ2n) is 6.10. The molecule has 0 N–H and O–H groups in total. The van der Waals surface area contributed by atoms with Crippen LogP contribution in [0.2, 0.25) is 0 Å². The van der Waals surface area contributed by atoms with E-state index in [1.165, 1.54) is 11.1 Å². The van der Waals surface area contributed by atoms with Crippen molar-refractivity contribution in [3.63, 3.8) is 0 Å². The summed E-state index contributed by atoms with van der Waals surface area (Å²) in [5.41, 5.74) is 5.12. The zero-order valence-electron chi connectivity index (χ0n) is 14.2. The molecule has 0 fully saturated rings. The van der Waals surface area contributed by atoms with Gasteiger partial charge in [-0.25, -0.2) is 4.68 Å². The van der Waals surface area contributed by atoms with Crippen LogP contribution in [0.1, 0.15) is 27.0 Å². The van der Waals surface area contributed by atoms with E-state index < -0.39 is 0 Å². The third kappa shape index (κ3) is 3.38. The summed E-state index contributed by atoms with van der Waals surface area (Å²) in [5.74, 6) is -0.0304. The van der Waals surface area contributed by atoms with Gasteiger partial charge >= 0.3 is 0 Å². The average Bonchev–Trinajstić information content (AvgIpc) is 3.07. The first kappa shape index (κ1) is 16.0. The number of benzene rings is 2. The molecule has 0 bridgehead atoms. The average molecular weight is 319 g/mol. The van der Waals surface area contributed by atoms with Gasteiger partial charge in [-0.15, -0.1) is 0 Å². The molecule has 0 atom stereocenters. The molecule has 3 rings (SSSR count). The van der Waals surface area contributed by atoms with Gasteiger partial charge in [0, 0.05) is 19.8 Å². The number of para-hydroxylation sites is 1. The Morgan fingerprint density at radius 2 is 1.88 bits per heavy atom. The topological polar surface area (TPSA) is 38.1 Å². The molecule has 0 spiro atoms. The Morgan fingerprint density at radius 3 is 2.58 bits per heavy atom. The van der Waals surface area contributed by atoms with Crippen molar-refractivity contribution in [1.82, 2.24) is 14.7 Å².